The third kappa shape index (κ3) is 5.97. The van der Waals surface area contributed by atoms with E-state index in [-0.39, 0.29) is 17.8 Å². The average Bonchev–Trinajstić information content (AvgIpc) is 2.90. The van der Waals surface area contributed by atoms with E-state index in [0.717, 1.165) is 31.9 Å². The summed E-state index contributed by atoms with van der Waals surface area (Å²) in [4.78, 5) is 37.8. The Balaban J connectivity index is 1.60. The van der Waals surface area contributed by atoms with E-state index in [0.29, 0.717) is 28.5 Å². The first-order valence-corrected chi connectivity index (χ1v) is 11.5. The lowest BCUT2D eigenvalue weighted by Gasteiger charge is -2.35. The van der Waals surface area contributed by atoms with Crippen molar-refractivity contribution in [2.24, 2.45) is 0 Å². The molecule has 0 atom stereocenters. The minimum atomic E-state index is -0.316. The van der Waals surface area contributed by atoms with Gasteiger partial charge in [-0.15, -0.1) is 0 Å². The number of amides is 2. The van der Waals surface area contributed by atoms with Crippen molar-refractivity contribution in [1.82, 2.24) is 14.9 Å². The van der Waals surface area contributed by atoms with Gasteiger partial charge in [-0.2, -0.15) is 4.98 Å². The molecular weight excluding hydrogens is 458 g/mol. The van der Waals surface area contributed by atoms with Gasteiger partial charge in [-0.25, -0.2) is 4.98 Å². The standard InChI is InChI=1S/C26H29N7O3/c1-4-24(34)28-19-16-20(22(36-3)17-21(19)33-14-12-32(2)13-15-33)29-26-27-11-10-23(31-26)30-25(35)18-8-6-5-7-9-18/h4-11,16-17H,1,12-15H2,2-3H3,(H,28,34)(H2,27,29,30,31,35). The van der Waals surface area contributed by atoms with E-state index in [1.54, 1.807) is 49.7 Å². The summed E-state index contributed by atoms with van der Waals surface area (Å²) in [6.45, 7) is 7.01. The number of ether oxygens (including phenoxy) is 1. The monoisotopic (exact) mass is 487 g/mol. The van der Waals surface area contributed by atoms with E-state index in [9.17, 15) is 9.59 Å². The number of methoxy groups -OCH3 is 1. The first-order chi connectivity index (χ1) is 17.5. The summed E-state index contributed by atoms with van der Waals surface area (Å²) in [5.74, 6) is 0.567. The van der Waals surface area contributed by atoms with Crippen molar-refractivity contribution in [3.05, 3.63) is 72.9 Å². The predicted octanol–water partition coefficient (Wildman–Crippen LogP) is 3.36. The molecule has 2 heterocycles. The van der Waals surface area contributed by atoms with Gasteiger partial charge in [0.25, 0.3) is 5.91 Å². The van der Waals surface area contributed by atoms with Gasteiger partial charge in [0.05, 0.1) is 24.2 Å². The molecule has 1 fully saturated rings. The van der Waals surface area contributed by atoms with Crippen LogP contribution in [0.2, 0.25) is 0 Å². The molecule has 0 spiro atoms. The van der Waals surface area contributed by atoms with Crippen LogP contribution in [0.25, 0.3) is 0 Å². The Bertz CT molecular complexity index is 1240. The number of likely N-dealkylation sites (N-methyl/N-ethyl adjacent to an activating group) is 1. The summed E-state index contributed by atoms with van der Waals surface area (Å²) >= 11 is 0. The summed E-state index contributed by atoms with van der Waals surface area (Å²) in [5, 5.41) is 8.81. The second-order valence-electron chi connectivity index (χ2n) is 8.26. The molecule has 36 heavy (non-hydrogen) atoms. The topological polar surface area (TPSA) is 112 Å². The van der Waals surface area contributed by atoms with Crippen LogP contribution in [0.4, 0.5) is 28.8 Å². The van der Waals surface area contributed by atoms with Crippen LogP contribution in [0.3, 0.4) is 0 Å². The highest BCUT2D eigenvalue weighted by atomic mass is 16.5. The lowest BCUT2D eigenvalue weighted by atomic mass is 10.1. The Morgan fingerprint density at radius 2 is 1.78 bits per heavy atom. The molecular formula is C26H29N7O3. The Kier molecular flexibility index (Phi) is 7.76. The molecule has 0 aliphatic carbocycles. The Morgan fingerprint density at radius 1 is 1.03 bits per heavy atom. The van der Waals surface area contributed by atoms with Crippen LogP contribution in [0, 0.1) is 0 Å². The van der Waals surface area contributed by atoms with Gasteiger partial charge in [0.1, 0.15) is 11.6 Å². The lowest BCUT2D eigenvalue weighted by molar-refractivity contribution is -0.111. The van der Waals surface area contributed by atoms with Crippen molar-refractivity contribution >= 4 is 40.6 Å². The largest absolute Gasteiger partial charge is 0.494 e. The molecule has 1 aromatic heterocycles. The molecule has 3 N–H and O–H groups in total. The van der Waals surface area contributed by atoms with Crippen molar-refractivity contribution in [2.75, 3.05) is 61.2 Å². The van der Waals surface area contributed by atoms with Gasteiger partial charge in [-0.1, -0.05) is 24.8 Å². The van der Waals surface area contributed by atoms with Gasteiger partial charge in [0.15, 0.2) is 0 Å². The molecule has 10 nitrogen and oxygen atoms in total. The van der Waals surface area contributed by atoms with E-state index in [4.69, 9.17) is 4.74 Å². The summed E-state index contributed by atoms with van der Waals surface area (Å²) in [5.41, 5.74) is 2.54. The highest BCUT2D eigenvalue weighted by Gasteiger charge is 2.21. The molecule has 4 rings (SSSR count). The minimum Gasteiger partial charge on any atom is -0.494 e. The Morgan fingerprint density at radius 3 is 2.47 bits per heavy atom. The smallest absolute Gasteiger partial charge is 0.256 e. The number of benzene rings is 2. The molecule has 10 heteroatoms. The number of piperazine rings is 1. The third-order valence-electron chi connectivity index (χ3n) is 5.78. The maximum Gasteiger partial charge on any atom is 0.256 e. The van der Waals surface area contributed by atoms with Crippen molar-refractivity contribution in [2.45, 2.75) is 0 Å². The van der Waals surface area contributed by atoms with Crippen LogP contribution in [-0.2, 0) is 4.79 Å². The second-order valence-corrected chi connectivity index (χ2v) is 8.26. The summed E-state index contributed by atoms with van der Waals surface area (Å²) in [6, 6.07) is 14.2. The highest BCUT2D eigenvalue weighted by Crippen LogP contribution is 2.38. The zero-order chi connectivity index (χ0) is 25.5. The van der Waals surface area contributed by atoms with Crippen LogP contribution < -0.4 is 25.6 Å². The van der Waals surface area contributed by atoms with Crippen LogP contribution in [0.5, 0.6) is 5.75 Å². The van der Waals surface area contributed by atoms with Crippen molar-refractivity contribution in [3.63, 3.8) is 0 Å². The average molecular weight is 488 g/mol. The molecule has 186 valence electrons. The fourth-order valence-corrected chi connectivity index (χ4v) is 3.82. The number of anilines is 5. The maximum absolute atomic E-state index is 12.5. The molecule has 1 aliphatic rings. The molecule has 0 saturated carbocycles. The minimum absolute atomic E-state index is 0.257. The molecule has 0 radical (unpaired) electrons. The molecule has 0 bridgehead atoms. The van der Waals surface area contributed by atoms with E-state index >= 15 is 0 Å². The molecule has 2 aromatic carbocycles. The summed E-state index contributed by atoms with van der Waals surface area (Å²) < 4.78 is 5.65. The molecule has 1 saturated heterocycles. The SMILES string of the molecule is C=CC(=O)Nc1cc(Nc2nccc(NC(=O)c3ccccc3)n2)c(OC)cc1N1CCN(C)CC1. The van der Waals surface area contributed by atoms with Crippen molar-refractivity contribution in [3.8, 4) is 5.75 Å². The first kappa shape index (κ1) is 24.7. The van der Waals surface area contributed by atoms with Gasteiger partial charge >= 0.3 is 0 Å². The van der Waals surface area contributed by atoms with Crippen molar-refractivity contribution < 1.29 is 14.3 Å². The van der Waals surface area contributed by atoms with Crippen LogP contribution in [0.15, 0.2) is 67.4 Å². The normalized spacial score (nSPS) is 13.6. The van der Waals surface area contributed by atoms with Crippen molar-refractivity contribution in [1.29, 1.82) is 0 Å². The van der Waals surface area contributed by atoms with Gasteiger partial charge in [0.2, 0.25) is 11.9 Å². The lowest BCUT2D eigenvalue weighted by Crippen LogP contribution is -2.44. The van der Waals surface area contributed by atoms with Gasteiger partial charge in [0, 0.05) is 44.0 Å². The number of hydrogen-bond acceptors (Lipinski definition) is 8. The molecule has 0 unspecified atom stereocenters. The molecule has 3 aromatic rings. The molecule has 2 amide bonds. The quantitative estimate of drug-likeness (QED) is 0.415. The van der Waals surface area contributed by atoms with Gasteiger partial charge < -0.3 is 30.5 Å². The summed E-state index contributed by atoms with van der Waals surface area (Å²) in [6.07, 6.45) is 2.77. The Hall–Kier alpha value is -4.44. The van der Waals surface area contributed by atoms with Gasteiger partial charge in [-0.3, -0.25) is 9.59 Å². The van der Waals surface area contributed by atoms with Crippen LogP contribution in [0.1, 0.15) is 10.4 Å². The number of hydrogen-bond donors (Lipinski definition) is 3. The first-order valence-electron chi connectivity index (χ1n) is 11.5. The number of carbonyl (C=O) groups is 2. The number of carbonyl (C=O) groups excluding carboxylic acids is 2. The maximum atomic E-state index is 12.5. The van der Waals surface area contributed by atoms with E-state index in [1.807, 2.05) is 12.1 Å². The Labute approximate surface area is 210 Å². The number of nitrogens with one attached hydrogen (secondary N) is 3. The number of aromatic nitrogens is 2. The van der Waals surface area contributed by atoms with Crippen LogP contribution >= 0.6 is 0 Å². The zero-order valence-corrected chi connectivity index (χ0v) is 20.3. The number of nitrogens with zero attached hydrogens (tertiary/aromatic N) is 4. The van der Waals surface area contributed by atoms with E-state index in [2.05, 4.69) is 49.3 Å². The fourth-order valence-electron chi connectivity index (χ4n) is 3.82. The van der Waals surface area contributed by atoms with E-state index < -0.39 is 0 Å². The highest BCUT2D eigenvalue weighted by molar-refractivity contribution is 6.04. The molecule has 1 aliphatic heterocycles. The third-order valence-corrected chi connectivity index (χ3v) is 5.78. The summed E-state index contributed by atoms with van der Waals surface area (Å²) in [7, 11) is 3.66. The fraction of sp³-hybridized carbons (Fsp3) is 0.231. The van der Waals surface area contributed by atoms with Gasteiger partial charge in [-0.05, 0) is 37.4 Å². The van der Waals surface area contributed by atoms with E-state index in [1.165, 1.54) is 6.08 Å². The zero-order valence-electron chi connectivity index (χ0n) is 20.3. The number of rotatable bonds is 8. The second kappa shape index (κ2) is 11.3. The van der Waals surface area contributed by atoms with Crippen LogP contribution in [-0.4, -0.2) is 67.0 Å². The predicted molar refractivity (Wildman–Crippen MR) is 141 cm³/mol.